The maximum Gasteiger partial charge on any atom is 0.226 e. The number of amides is 1. The highest BCUT2D eigenvalue weighted by molar-refractivity contribution is 7.10. The van der Waals surface area contributed by atoms with Crippen molar-refractivity contribution in [3.8, 4) is 23.3 Å². The van der Waals surface area contributed by atoms with Crippen LogP contribution in [0.25, 0.3) is 11.1 Å². The molecule has 1 aromatic carbocycles. The molecule has 0 saturated carbocycles. The summed E-state index contributed by atoms with van der Waals surface area (Å²) < 4.78 is 0. The van der Waals surface area contributed by atoms with E-state index in [1.807, 2.05) is 30.5 Å². The number of carbonyl (C=O) groups is 1. The molecule has 7 heteroatoms. The molecule has 2 atom stereocenters. The van der Waals surface area contributed by atoms with E-state index in [9.17, 15) is 10.1 Å². The zero-order chi connectivity index (χ0) is 18.2. The van der Waals surface area contributed by atoms with Gasteiger partial charge in [-0.1, -0.05) is 6.07 Å². The summed E-state index contributed by atoms with van der Waals surface area (Å²) in [5.74, 6) is -0.00570. The molecule has 3 rings (SSSR count). The van der Waals surface area contributed by atoms with Gasteiger partial charge in [0.05, 0.1) is 16.7 Å². The van der Waals surface area contributed by atoms with E-state index in [-0.39, 0.29) is 5.91 Å². The summed E-state index contributed by atoms with van der Waals surface area (Å²) in [6.45, 7) is 1.97. The number of rotatable bonds is 2. The second kappa shape index (κ2) is 6.30. The Hall–Kier alpha value is -2.71. The Labute approximate surface area is 150 Å². The average molecular weight is 351 g/mol. The fourth-order valence-electron chi connectivity index (χ4n) is 2.91. The van der Waals surface area contributed by atoms with Gasteiger partial charge in [0.25, 0.3) is 0 Å². The van der Waals surface area contributed by atoms with E-state index in [0.717, 1.165) is 16.0 Å². The van der Waals surface area contributed by atoms with Crippen molar-refractivity contribution in [2.45, 2.75) is 25.2 Å². The van der Waals surface area contributed by atoms with Crippen molar-refractivity contribution in [3.05, 3.63) is 45.6 Å². The standard InChI is InChI=1S/C18H17N5OS/c1-18(7-16(24)23(2)17(21)22-18)15-6-14(10-25-15)11-3-4-12(8-19)13(5-11)9-20/h3-6,10,17,22H,7,21H2,1-2H3/t17?,18-/m0/s1. The van der Waals surface area contributed by atoms with Crippen LogP contribution in [0.3, 0.4) is 0 Å². The SMILES string of the molecule is CN1C(=O)C[C@@](C)(c2cc(-c3ccc(C#N)c(C#N)c3)cs2)NC1N. The van der Waals surface area contributed by atoms with Gasteiger partial charge >= 0.3 is 0 Å². The van der Waals surface area contributed by atoms with Gasteiger partial charge in [-0.2, -0.15) is 10.5 Å². The van der Waals surface area contributed by atoms with E-state index in [0.29, 0.717) is 17.5 Å². The lowest BCUT2D eigenvalue weighted by Gasteiger charge is -2.42. The Morgan fingerprint density at radius 3 is 2.64 bits per heavy atom. The molecule has 25 heavy (non-hydrogen) atoms. The van der Waals surface area contributed by atoms with Gasteiger partial charge in [0.15, 0.2) is 0 Å². The van der Waals surface area contributed by atoms with E-state index in [1.165, 1.54) is 4.90 Å². The lowest BCUT2D eigenvalue weighted by Crippen LogP contribution is -2.64. The number of nitrogens with one attached hydrogen (secondary N) is 1. The lowest BCUT2D eigenvalue weighted by atomic mass is 9.91. The first-order valence-corrected chi connectivity index (χ1v) is 8.58. The molecule has 1 amide bonds. The summed E-state index contributed by atoms with van der Waals surface area (Å²) in [6.07, 6.45) is -0.203. The normalized spacial score (nSPS) is 23.2. The molecule has 1 fully saturated rings. The van der Waals surface area contributed by atoms with E-state index in [1.54, 1.807) is 30.5 Å². The van der Waals surface area contributed by atoms with Gasteiger partial charge in [-0.05, 0) is 41.6 Å². The third-order valence-corrected chi connectivity index (χ3v) is 5.71. The third-order valence-electron chi connectivity index (χ3n) is 4.52. The topological polar surface area (TPSA) is 106 Å². The predicted octanol–water partition coefficient (Wildman–Crippen LogP) is 2.07. The molecule has 1 aliphatic rings. The van der Waals surface area contributed by atoms with Crippen LogP contribution in [-0.2, 0) is 10.3 Å². The van der Waals surface area contributed by atoms with Crippen LogP contribution < -0.4 is 11.1 Å². The number of carbonyl (C=O) groups excluding carboxylic acids is 1. The number of nitriles is 2. The summed E-state index contributed by atoms with van der Waals surface area (Å²) in [5, 5.41) is 23.5. The van der Waals surface area contributed by atoms with Gasteiger partial charge in [0.1, 0.15) is 18.4 Å². The fourth-order valence-corrected chi connectivity index (χ4v) is 3.95. The van der Waals surface area contributed by atoms with Crippen LogP contribution in [0.15, 0.2) is 29.6 Å². The molecular formula is C18H17N5OS. The van der Waals surface area contributed by atoms with E-state index < -0.39 is 11.8 Å². The number of nitrogens with two attached hydrogens (primary N) is 1. The first kappa shape index (κ1) is 17.1. The lowest BCUT2D eigenvalue weighted by molar-refractivity contribution is -0.139. The first-order valence-electron chi connectivity index (χ1n) is 7.70. The van der Waals surface area contributed by atoms with E-state index >= 15 is 0 Å². The monoisotopic (exact) mass is 351 g/mol. The molecule has 1 unspecified atom stereocenters. The minimum atomic E-state index is -0.531. The molecule has 0 aliphatic carbocycles. The zero-order valence-corrected chi connectivity index (χ0v) is 14.7. The molecule has 126 valence electrons. The number of thiophene rings is 1. The molecule has 1 saturated heterocycles. The van der Waals surface area contributed by atoms with Gasteiger partial charge in [0, 0.05) is 18.3 Å². The van der Waals surface area contributed by atoms with Crippen molar-refractivity contribution < 1.29 is 4.79 Å². The third kappa shape index (κ3) is 3.01. The Morgan fingerprint density at radius 1 is 1.28 bits per heavy atom. The first-order chi connectivity index (χ1) is 11.9. The van der Waals surface area contributed by atoms with E-state index in [2.05, 4.69) is 11.4 Å². The maximum atomic E-state index is 12.2. The highest BCUT2D eigenvalue weighted by Crippen LogP contribution is 2.36. The van der Waals surface area contributed by atoms with Crippen molar-refractivity contribution in [1.82, 2.24) is 10.2 Å². The second-order valence-electron chi connectivity index (χ2n) is 6.29. The van der Waals surface area contributed by atoms with Crippen molar-refractivity contribution in [2.24, 2.45) is 5.73 Å². The Morgan fingerprint density at radius 2 is 2.00 bits per heavy atom. The van der Waals surface area contributed by atoms with Crippen LogP contribution in [0.2, 0.25) is 0 Å². The Bertz CT molecular complexity index is 922. The van der Waals surface area contributed by atoms with Gasteiger partial charge in [-0.3, -0.25) is 15.8 Å². The molecule has 0 spiro atoms. The van der Waals surface area contributed by atoms with Crippen molar-refractivity contribution in [3.63, 3.8) is 0 Å². The van der Waals surface area contributed by atoms with Crippen molar-refractivity contribution in [2.75, 3.05) is 7.05 Å². The molecule has 6 nitrogen and oxygen atoms in total. The van der Waals surface area contributed by atoms with Crippen molar-refractivity contribution in [1.29, 1.82) is 10.5 Å². The van der Waals surface area contributed by atoms with Crippen LogP contribution in [0, 0.1) is 22.7 Å². The van der Waals surface area contributed by atoms with Gasteiger partial charge in [-0.15, -0.1) is 11.3 Å². The maximum absolute atomic E-state index is 12.2. The van der Waals surface area contributed by atoms with E-state index in [4.69, 9.17) is 11.0 Å². The highest BCUT2D eigenvalue weighted by atomic mass is 32.1. The summed E-state index contributed by atoms with van der Waals surface area (Å²) >= 11 is 1.54. The quantitative estimate of drug-likeness (QED) is 0.861. The number of benzene rings is 1. The molecule has 0 bridgehead atoms. The minimum absolute atomic E-state index is 0.00570. The van der Waals surface area contributed by atoms with Crippen LogP contribution >= 0.6 is 11.3 Å². The summed E-state index contributed by atoms with van der Waals surface area (Å²) in [4.78, 5) is 14.7. The van der Waals surface area contributed by atoms with Crippen LogP contribution in [0.4, 0.5) is 0 Å². The molecule has 3 N–H and O–H groups in total. The number of hydrogen-bond acceptors (Lipinski definition) is 6. The highest BCUT2D eigenvalue weighted by Gasteiger charge is 2.39. The summed E-state index contributed by atoms with van der Waals surface area (Å²) in [6, 6.07) is 11.3. The van der Waals surface area contributed by atoms with Gasteiger partial charge in [0.2, 0.25) is 5.91 Å². The largest absolute Gasteiger partial charge is 0.317 e. The summed E-state index contributed by atoms with van der Waals surface area (Å²) in [7, 11) is 1.68. The Balaban J connectivity index is 1.95. The zero-order valence-electron chi connectivity index (χ0n) is 13.9. The van der Waals surface area contributed by atoms with Gasteiger partial charge < -0.3 is 4.90 Å². The minimum Gasteiger partial charge on any atom is -0.317 e. The molecule has 1 aliphatic heterocycles. The molecule has 2 heterocycles. The fraction of sp³-hybridized carbons (Fsp3) is 0.278. The van der Waals surface area contributed by atoms with Crippen LogP contribution in [0.5, 0.6) is 0 Å². The smallest absolute Gasteiger partial charge is 0.226 e. The second-order valence-corrected chi connectivity index (χ2v) is 7.20. The molecule has 2 aromatic rings. The number of nitrogens with zero attached hydrogens (tertiary/aromatic N) is 3. The van der Waals surface area contributed by atoms with Gasteiger partial charge in [-0.25, -0.2) is 0 Å². The Kier molecular flexibility index (Phi) is 4.32. The average Bonchev–Trinajstić information content (AvgIpc) is 3.10. The van der Waals surface area contributed by atoms with Crippen LogP contribution in [0.1, 0.15) is 29.3 Å². The molecule has 1 aromatic heterocycles. The van der Waals surface area contributed by atoms with Crippen molar-refractivity contribution >= 4 is 17.2 Å². The molecule has 0 radical (unpaired) electrons. The number of hydrogen-bond donors (Lipinski definition) is 2. The predicted molar refractivity (Wildman–Crippen MR) is 95.0 cm³/mol. The van der Waals surface area contributed by atoms with Crippen LogP contribution in [-0.4, -0.2) is 24.1 Å². The molecular weight excluding hydrogens is 334 g/mol. The summed E-state index contributed by atoms with van der Waals surface area (Å²) in [5.41, 5.74) is 8.00.